The van der Waals surface area contributed by atoms with Crippen molar-refractivity contribution >= 4 is 21.9 Å². The Labute approximate surface area is 159 Å². The molecule has 1 atom stereocenters. The number of rotatable bonds is 8. The summed E-state index contributed by atoms with van der Waals surface area (Å²) in [6, 6.07) is 5.52. The van der Waals surface area contributed by atoms with E-state index < -0.39 is 16.0 Å². The summed E-state index contributed by atoms with van der Waals surface area (Å²) in [7, 11) is -3.61. The maximum absolute atomic E-state index is 12.5. The number of morpholine rings is 1. The first-order valence-electron chi connectivity index (χ1n) is 8.99. The lowest BCUT2D eigenvalue weighted by atomic mass is 10.2. The van der Waals surface area contributed by atoms with E-state index in [0.29, 0.717) is 26.3 Å². The number of nitrogens with one attached hydrogen (secondary N) is 1. The van der Waals surface area contributed by atoms with E-state index >= 15 is 0 Å². The summed E-state index contributed by atoms with van der Waals surface area (Å²) in [4.78, 5) is 23.9. The molecule has 0 aliphatic carbocycles. The molecule has 0 spiro atoms. The van der Waals surface area contributed by atoms with Crippen molar-refractivity contribution in [3.63, 3.8) is 0 Å². The molecule has 1 aromatic rings. The lowest BCUT2D eigenvalue weighted by Crippen LogP contribution is -2.40. The fourth-order valence-electron chi connectivity index (χ4n) is 2.74. The van der Waals surface area contributed by atoms with Crippen molar-refractivity contribution in [2.24, 2.45) is 0 Å². The zero-order valence-electron chi connectivity index (χ0n) is 15.6. The maximum Gasteiger partial charge on any atom is 0.338 e. The summed E-state index contributed by atoms with van der Waals surface area (Å²) in [6.45, 7) is 4.86. The molecule has 1 fully saturated rings. The van der Waals surface area contributed by atoms with E-state index in [1.807, 2.05) is 13.8 Å². The Balaban J connectivity index is 1.92. The molecule has 1 aliphatic rings. The number of benzene rings is 1. The van der Waals surface area contributed by atoms with Crippen molar-refractivity contribution < 1.29 is 27.5 Å². The third kappa shape index (κ3) is 6.02. The van der Waals surface area contributed by atoms with Crippen LogP contribution in [-0.4, -0.2) is 63.6 Å². The average molecular weight is 398 g/mol. The SMILES string of the molecule is CCC[C@@H](C)NC(=O)COC(=O)c1ccc(S(=O)(=O)N2CCOCC2)cc1. The van der Waals surface area contributed by atoms with Crippen LogP contribution in [-0.2, 0) is 24.3 Å². The van der Waals surface area contributed by atoms with Crippen LogP contribution in [0.3, 0.4) is 0 Å². The summed E-state index contributed by atoms with van der Waals surface area (Å²) in [5.41, 5.74) is 0.185. The zero-order chi connectivity index (χ0) is 19.9. The Hall–Kier alpha value is -1.97. The second-order valence-electron chi connectivity index (χ2n) is 6.37. The second kappa shape index (κ2) is 9.82. The van der Waals surface area contributed by atoms with Crippen LogP contribution in [0.1, 0.15) is 37.0 Å². The fourth-order valence-corrected chi connectivity index (χ4v) is 4.14. The van der Waals surface area contributed by atoms with Crippen LogP contribution >= 0.6 is 0 Å². The second-order valence-corrected chi connectivity index (χ2v) is 8.31. The third-order valence-electron chi connectivity index (χ3n) is 4.16. The molecule has 1 N–H and O–H groups in total. The first-order valence-corrected chi connectivity index (χ1v) is 10.4. The molecule has 0 aromatic heterocycles. The van der Waals surface area contributed by atoms with E-state index in [1.165, 1.54) is 28.6 Å². The Kier molecular flexibility index (Phi) is 7.76. The van der Waals surface area contributed by atoms with Crippen LogP contribution in [0.15, 0.2) is 29.2 Å². The molecule has 1 saturated heterocycles. The van der Waals surface area contributed by atoms with Crippen LogP contribution in [0.5, 0.6) is 0 Å². The molecular weight excluding hydrogens is 372 g/mol. The van der Waals surface area contributed by atoms with Crippen molar-refractivity contribution in [3.8, 4) is 0 Å². The van der Waals surface area contributed by atoms with E-state index in [9.17, 15) is 18.0 Å². The lowest BCUT2D eigenvalue weighted by molar-refractivity contribution is -0.124. The lowest BCUT2D eigenvalue weighted by Gasteiger charge is -2.26. The van der Waals surface area contributed by atoms with Gasteiger partial charge in [-0.3, -0.25) is 4.79 Å². The number of nitrogens with zero attached hydrogens (tertiary/aromatic N) is 1. The summed E-state index contributed by atoms with van der Waals surface area (Å²) in [5.74, 6) is -1.04. The molecule has 27 heavy (non-hydrogen) atoms. The number of carbonyl (C=O) groups is 2. The van der Waals surface area contributed by atoms with E-state index in [0.717, 1.165) is 12.8 Å². The summed E-state index contributed by atoms with van der Waals surface area (Å²) >= 11 is 0. The zero-order valence-corrected chi connectivity index (χ0v) is 16.5. The first-order chi connectivity index (χ1) is 12.8. The Morgan fingerprint density at radius 2 is 1.85 bits per heavy atom. The molecule has 150 valence electrons. The predicted molar refractivity (Wildman–Crippen MR) is 98.8 cm³/mol. The van der Waals surface area contributed by atoms with Gasteiger partial charge in [0.2, 0.25) is 10.0 Å². The highest BCUT2D eigenvalue weighted by atomic mass is 32.2. The van der Waals surface area contributed by atoms with Crippen molar-refractivity contribution in [1.82, 2.24) is 9.62 Å². The molecule has 0 radical (unpaired) electrons. The number of sulfonamides is 1. The van der Waals surface area contributed by atoms with Gasteiger partial charge in [0.25, 0.3) is 5.91 Å². The number of hydrogen-bond donors (Lipinski definition) is 1. The first kappa shape index (κ1) is 21.3. The molecule has 2 rings (SSSR count). The van der Waals surface area contributed by atoms with Gasteiger partial charge < -0.3 is 14.8 Å². The maximum atomic E-state index is 12.5. The van der Waals surface area contributed by atoms with Gasteiger partial charge in [-0.05, 0) is 37.6 Å². The number of ether oxygens (including phenoxy) is 2. The van der Waals surface area contributed by atoms with E-state index in [1.54, 1.807) is 0 Å². The van der Waals surface area contributed by atoms with Gasteiger partial charge in [0, 0.05) is 19.1 Å². The topological polar surface area (TPSA) is 102 Å². The molecule has 1 amide bonds. The molecule has 9 heteroatoms. The Morgan fingerprint density at radius 3 is 2.44 bits per heavy atom. The molecule has 0 bridgehead atoms. The quantitative estimate of drug-likeness (QED) is 0.660. The van der Waals surface area contributed by atoms with Gasteiger partial charge in [0.1, 0.15) is 0 Å². The van der Waals surface area contributed by atoms with Gasteiger partial charge in [-0.15, -0.1) is 0 Å². The van der Waals surface area contributed by atoms with Gasteiger partial charge in [0.15, 0.2) is 6.61 Å². The highest BCUT2D eigenvalue weighted by Gasteiger charge is 2.26. The van der Waals surface area contributed by atoms with Crippen LogP contribution in [0.25, 0.3) is 0 Å². The van der Waals surface area contributed by atoms with E-state index in [2.05, 4.69) is 5.32 Å². The largest absolute Gasteiger partial charge is 0.452 e. The summed E-state index contributed by atoms with van der Waals surface area (Å²) in [5, 5.41) is 2.74. The van der Waals surface area contributed by atoms with Crippen LogP contribution in [0.4, 0.5) is 0 Å². The standard InChI is InChI=1S/C18H26N2O6S/c1-3-4-14(2)19-17(21)13-26-18(22)15-5-7-16(8-6-15)27(23,24)20-9-11-25-12-10-20/h5-8,14H,3-4,9-13H2,1-2H3,(H,19,21)/t14-/m1/s1. The molecule has 1 heterocycles. The van der Waals surface area contributed by atoms with Crippen molar-refractivity contribution in [1.29, 1.82) is 0 Å². The molecule has 0 saturated carbocycles. The van der Waals surface area contributed by atoms with Crippen molar-refractivity contribution in [2.45, 2.75) is 37.6 Å². The molecule has 0 unspecified atom stereocenters. The van der Waals surface area contributed by atoms with Gasteiger partial charge in [-0.1, -0.05) is 13.3 Å². The highest BCUT2D eigenvalue weighted by molar-refractivity contribution is 7.89. The molecule has 1 aromatic carbocycles. The highest BCUT2D eigenvalue weighted by Crippen LogP contribution is 2.18. The third-order valence-corrected chi connectivity index (χ3v) is 6.07. The Morgan fingerprint density at radius 1 is 1.22 bits per heavy atom. The smallest absolute Gasteiger partial charge is 0.338 e. The summed E-state index contributed by atoms with van der Waals surface area (Å²) < 4.78 is 36.6. The summed E-state index contributed by atoms with van der Waals surface area (Å²) in [6.07, 6.45) is 1.79. The fraction of sp³-hybridized carbons (Fsp3) is 0.556. The number of carbonyl (C=O) groups excluding carboxylic acids is 2. The average Bonchev–Trinajstić information content (AvgIpc) is 2.67. The number of amides is 1. The number of hydrogen-bond acceptors (Lipinski definition) is 6. The molecule has 1 aliphatic heterocycles. The molecular formula is C18H26N2O6S. The van der Waals surface area contributed by atoms with Crippen LogP contribution in [0, 0.1) is 0 Å². The minimum Gasteiger partial charge on any atom is -0.452 e. The predicted octanol–water partition coefficient (Wildman–Crippen LogP) is 1.17. The van der Waals surface area contributed by atoms with Crippen LogP contribution in [0.2, 0.25) is 0 Å². The monoisotopic (exact) mass is 398 g/mol. The number of esters is 1. The van der Waals surface area contributed by atoms with Crippen molar-refractivity contribution in [2.75, 3.05) is 32.9 Å². The minimum atomic E-state index is -3.61. The normalized spacial score (nSPS) is 16.5. The van der Waals surface area contributed by atoms with Gasteiger partial charge >= 0.3 is 5.97 Å². The van der Waals surface area contributed by atoms with Gasteiger partial charge in [0.05, 0.1) is 23.7 Å². The van der Waals surface area contributed by atoms with Crippen molar-refractivity contribution in [3.05, 3.63) is 29.8 Å². The van der Waals surface area contributed by atoms with E-state index in [4.69, 9.17) is 9.47 Å². The molecule has 8 nitrogen and oxygen atoms in total. The van der Waals surface area contributed by atoms with E-state index in [-0.39, 0.29) is 29.0 Å². The minimum absolute atomic E-state index is 0.0193. The van der Waals surface area contributed by atoms with Gasteiger partial charge in [-0.2, -0.15) is 4.31 Å². The van der Waals surface area contributed by atoms with Gasteiger partial charge in [-0.25, -0.2) is 13.2 Å². The Bertz CT molecular complexity index is 742. The van der Waals surface area contributed by atoms with Crippen LogP contribution < -0.4 is 5.32 Å².